The molecule has 74 valence electrons. The Morgan fingerprint density at radius 2 is 1.77 bits per heavy atom. The smallest absolute Gasteiger partial charge is 0.303 e. The summed E-state index contributed by atoms with van der Waals surface area (Å²) in [7, 11) is 0. The molecule has 0 spiro atoms. The molecule has 0 fully saturated rings. The van der Waals surface area contributed by atoms with Crippen molar-refractivity contribution in [3.8, 4) is 0 Å². The molecule has 0 aromatic carbocycles. The zero-order chi connectivity index (χ0) is 10.3. The number of ketones is 1. The second-order valence-corrected chi connectivity index (χ2v) is 2.70. The quantitative estimate of drug-likeness (QED) is 0.610. The largest absolute Gasteiger partial charge is 0.481 e. The summed E-state index contributed by atoms with van der Waals surface area (Å²) < 4.78 is 0. The van der Waals surface area contributed by atoms with E-state index in [2.05, 4.69) is 5.32 Å². The van der Waals surface area contributed by atoms with Gasteiger partial charge in [-0.1, -0.05) is 0 Å². The van der Waals surface area contributed by atoms with Crippen LogP contribution in [-0.2, 0) is 14.4 Å². The first-order valence-electron chi connectivity index (χ1n) is 4.00. The minimum Gasteiger partial charge on any atom is -0.481 e. The highest BCUT2D eigenvalue weighted by Gasteiger charge is 2.04. The summed E-state index contributed by atoms with van der Waals surface area (Å²) >= 11 is 0. The molecule has 0 rings (SSSR count). The number of nitrogens with one attached hydrogen (secondary N) is 1. The lowest BCUT2D eigenvalue weighted by Gasteiger charge is -2.01. The summed E-state index contributed by atoms with van der Waals surface area (Å²) in [4.78, 5) is 31.3. The van der Waals surface area contributed by atoms with Gasteiger partial charge in [-0.15, -0.1) is 0 Å². The lowest BCUT2D eigenvalue weighted by atomic mass is 10.3. The molecule has 0 radical (unpaired) electrons. The molecule has 0 atom stereocenters. The Labute approximate surface area is 76.1 Å². The second kappa shape index (κ2) is 6.16. The summed E-state index contributed by atoms with van der Waals surface area (Å²) in [6.45, 7) is 1.72. The van der Waals surface area contributed by atoms with Crippen LogP contribution in [0.15, 0.2) is 0 Å². The van der Waals surface area contributed by atoms with Gasteiger partial charge in [-0.05, 0) is 6.92 Å². The highest BCUT2D eigenvalue weighted by molar-refractivity contribution is 5.81. The highest BCUT2D eigenvalue weighted by Crippen LogP contribution is 1.88. The molecule has 0 aliphatic rings. The number of carboxylic acid groups (broad SMARTS) is 1. The molecule has 0 unspecified atom stereocenters. The maximum atomic E-state index is 10.8. The van der Waals surface area contributed by atoms with E-state index < -0.39 is 5.97 Å². The monoisotopic (exact) mass is 187 g/mol. The van der Waals surface area contributed by atoms with Gasteiger partial charge in [0.1, 0.15) is 5.78 Å². The standard InChI is InChI=1S/C8H13NO4/c1-6(10)4-5-9-7(11)2-3-8(12)13/h2-5H2,1H3,(H,9,11)(H,12,13). The maximum absolute atomic E-state index is 10.8. The molecule has 13 heavy (non-hydrogen) atoms. The average Bonchev–Trinajstić information content (AvgIpc) is 2.00. The van der Waals surface area contributed by atoms with E-state index in [1.54, 1.807) is 0 Å². The van der Waals surface area contributed by atoms with Crippen LogP contribution in [0, 0.1) is 0 Å². The van der Waals surface area contributed by atoms with E-state index in [-0.39, 0.29) is 31.1 Å². The molecule has 0 aromatic heterocycles. The van der Waals surface area contributed by atoms with Crippen molar-refractivity contribution in [1.82, 2.24) is 5.32 Å². The van der Waals surface area contributed by atoms with Crippen molar-refractivity contribution in [2.75, 3.05) is 6.54 Å². The van der Waals surface area contributed by atoms with Crippen LogP contribution in [0.25, 0.3) is 0 Å². The molecule has 1 amide bonds. The van der Waals surface area contributed by atoms with Crippen LogP contribution in [-0.4, -0.2) is 29.3 Å². The van der Waals surface area contributed by atoms with E-state index >= 15 is 0 Å². The van der Waals surface area contributed by atoms with Crippen molar-refractivity contribution >= 4 is 17.7 Å². The van der Waals surface area contributed by atoms with E-state index in [1.165, 1.54) is 6.92 Å². The third-order valence-electron chi connectivity index (χ3n) is 1.37. The number of hydrogen-bond acceptors (Lipinski definition) is 3. The average molecular weight is 187 g/mol. The fraction of sp³-hybridized carbons (Fsp3) is 0.625. The molecular weight excluding hydrogens is 174 g/mol. The maximum Gasteiger partial charge on any atom is 0.303 e. The lowest BCUT2D eigenvalue weighted by molar-refractivity contribution is -0.138. The lowest BCUT2D eigenvalue weighted by Crippen LogP contribution is -2.25. The third-order valence-corrected chi connectivity index (χ3v) is 1.37. The van der Waals surface area contributed by atoms with Crippen LogP contribution in [0.1, 0.15) is 26.2 Å². The van der Waals surface area contributed by atoms with Crippen molar-refractivity contribution in [1.29, 1.82) is 0 Å². The third kappa shape index (κ3) is 8.52. The van der Waals surface area contributed by atoms with E-state index in [0.29, 0.717) is 6.42 Å². The number of carbonyl (C=O) groups is 3. The van der Waals surface area contributed by atoms with Crippen LogP contribution in [0.5, 0.6) is 0 Å². The topological polar surface area (TPSA) is 83.5 Å². The zero-order valence-electron chi connectivity index (χ0n) is 7.50. The summed E-state index contributed by atoms with van der Waals surface area (Å²) in [5, 5.41) is 10.7. The van der Waals surface area contributed by atoms with Crippen molar-refractivity contribution < 1.29 is 19.5 Å². The molecule has 5 nitrogen and oxygen atoms in total. The first kappa shape index (κ1) is 11.6. The Hall–Kier alpha value is -1.39. The normalized spacial score (nSPS) is 9.31. The molecule has 0 aromatic rings. The highest BCUT2D eigenvalue weighted by atomic mass is 16.4. The van der Waals surface area contributed by atoms with Crippen molar-refractivity contribution in [2.24, 2.45) is 0 Å². The van der Waals surface area contributed by atoms with Crippen LogP contribution in [0.2, 0.25) is 0 Å². The van der Waals surface area contributed by atoms with E-state index in [9.17, 15) is 14.4 Å². The van der Waals surface area contributed by atoms with Gasteiger partial charge in [0.15, 0.2) is 0 Å². The number of Topliss-reactive ketones (excluding diaryl/α,β-unsaturated/α-hetero) is 1. The van der Waals surface area contributed by atoms with Gasteiger partial charge in [0.05, 0.1) is 6.42 Å². The van der Waals surface area contributed by atoms with Gasteiger partial charge in [-0.2, -0.15) is 0 Å². The van der Waals surface area contributed by atoms with Crippen molar-refractivity contribution in [2.45, 2.75) is 26.2 Å². The first-order chi connectivity index (χ1) is 6.02. The minimum atomic E-state index is -0.998. The van der Waals surface area contributed by atoms with Crippen LogP contribution >= 0.6 is 0 Å². The second-order valence-electron chi connectivity index (χ2n) is 2.70. The molecule has 0 aliphatic heterocycles. The molecule has 0 aliphatic carbocycles. The van der Waals surface area contributed by atoms with Crippen molar-refractivity contribution in [3.63, 3.8) is 0 Å². The predicted molar refractivity (Wildman–Crippen MR) is 45.2 cm³/mol. The SMILES string of the molecule is CC(=O)CCNC(=O)CCC(=O)O. The Morgan fingerprint density at radius 1 is 1.15 bits per heavy atom. The predicted octanol–water partition coefficient (Wildman–Crippen LogP) is -0.0535. The van der Waals surface area contributed by atoms with Crippen LogP contribution < -0.4 is 5.32 Å². The fourth-order valence-electron chi connectivity index (χ4n) is 0.687. The zero-order valence-corrected chi connectivity index (χ0v) is 7.50. The molecule has 5 heteroatoms. The van der Waals surface area contributed by atoms with E-state index in [4.69, 9.17) is 5.11 Å². The summed E-state index contributed by atoms with van der Waals surface area (Å²) in [6.07, 6.45) is 0.0813. The Balaban J connectivity index is 3.41. The molecular formula is C8H13NO4. The molecule has 0 heterocycles. The number of carbonyl (C=O) groups excluding carboxylic acids is 2. The first-order valence-corrected chi connectivity index (χ1v) is 4.00. The summed E-state index contributed by atoms with van der Waals surface area (Å²) in [5.41, 5.74) is 0. The molecule has 0 saturated carbocycles. The van der Waals surface area contributed by atoms with Gasteiger partial charge in [0, 0.05) is 19.4 Å². The molecule has 0 saturated heterocycles. The number of hydrogen-bond donors (Lipinski definition) is 2. The number of amides is 1. The van der Waals surface area contributed by atoms with Gasteiger partial charge in [0.2, 0.25) is 5.91 Å². The fourth-order valence-corrected chi connectivity index (χ4v) is 0.687. The van der Waals surface area contributed by atoms with Crippen LogP contribution in [0.4, 0.5) is 0 Å². The van der Waals surface area contributed by atoms with Gasteiger partial charge in [-0.3, -0.25) is 14.4 Å². The molecule has 0 bridgehead atoms. The Morgan fingerprint density at radius 3 is 2.23 bits per heavy atom. The minimum absolute atomic E-state index is 0.00136. The Kier molecular flexibility index (Phi) is 5.50. The van der Waals surface area contributed by atoms with E-state index in [1.807, 2.05) is 0 Å². The van der Waals surface area contributed by atoms with Gasteiger partial charge >= 0.3 is 5.97 Å². The van der Waals surface area contributed by atoms with Crippen molar-refractivity contribution in [3.05, 3.63) is 0 Å². The van der Waals surface area contributed by atoms with Crippen LogP contribution in [0.3, 0.4) is 0 Å². The van der Waals surface area contributed by atoms with Gasteiger partial charge in [0.25, 0.3) is 0 Å². The summed E-state index contributed by atoms with van der Waals surface area (Å²) in [5.74, 6) is -1.33. The van der Waals surface area contributed by atoms with Gasteiger partial charge in [-0.25, -0.2) is 0 Å². The number of aliphatic carboxylic acids is 1. The number of rotatable bonds is 6. The molecule has 2 N–H and O–H groups in total. The van der Waals surface area contributed by atoms with Gasteiger partial charge < -0.3 is 10.4 Å². The number of carboxylic acids is 1. The Bertz CT molecular complexity index is 212. The summed E-state index contributed by atoms with van der Waals surface area (Å²) in [6, 6.07) is 0. The van der Waals surface area contributed by atoms with E-state index in [0.717, 1.165) is 0 Å².